The van der Waals surface area contributed by atoms with Gasteiger partial charge in [-0.25, -0.2) is 0 Å². The molecule has 0 fully saturated rings. The van der Waals surface area contributed by atoms with Gasteiger partial charge in [-0.05, 0) is 37.2 Å². The summed E-state index contributed by atoms with van der Waals surface area (Å²) in [6.45, 7) is 10.9. The van der Waals surface area contributed by atoms with Gasteiger partial charge in [-0.3, -0.25) is 0 Å². The van der Waals surface area contributed by atoms with E-state index in [4.69, 9.17) is 5.11 Å². The summed E-state index contributed by atoms with van der Waals surface area (Å²) in [4.78, 5) is 0. The van der Waals surface area contributed by atoms with Crippen LogP contribution < -0.4 is 0 Å². The molecule has 0 aliphatic rings. The summed E-state index contributed by atoms with van der Waals surface area (Å²) in [7, 11) is 0. The van der Waals surface area contributed by atoms with E-state index in [-0.39, 0.29) is 0 Å². The van der Waals surface area contributed by atoms with Crippen molar-refractivity contribution in [2.45, 2.75) is 60.3 Å². The normalized spacial score (nSPS) is 18.6. The summed E-state index contributed by atoms with van der Waals surface area (Å²) in [6.07, 6.45) is 6.88. The third-order valence-electron chi connectivity index (χ3n) is 3.57. The SMILES string of the molecule is CCC(C)CCC(C)C(C)C/C=C(\C)O. The zero-order valence-electron chi connectivity index (χ0n) is 11.1. The maximum atomic E-state index is 9.10. The lowest BCUT2D eigenvalue weighted by Crippen LogP contribution is -2.09. The maximum absolute atomic E-state index is 9.10. The van der Waals surface area contributed by atoms with Crippen LogP contribution >= 0.6 is 0 Å². The van der Waals surface area contributed by atoms with Gasteiger partial charge in [0.15, 0.2) is 0 Å². The van der Waals surface area contributed by atoms with Crippen LogP contribution in [0.15, 0.2) is 11.8 Å². The minimum absolute atomic E-state index is 0.455. The molecule has 0 aromatic carbocycles. The van der Waals surface area contributed by atoms with Gasteiger partial charge in [0.25, 0.3) is 0 Å². The van der Waals surface area contributed by atoms with Crippen LogP contribution in [-0.4, -0.2) is 5.11 Å². The lowest BCUT2D eigenvalue weighted by Gasteiger charge is -2.20. The van der Waals surface area contributed by atoms with E-state index >= 15 is 0 Å². The molecule has 0 aliphatic carbocycles. The molecule has 0 amide bonds. The number of aliphatic hydroxyl groups is 1. The van der Waals surface area contributed by atoms with Crippen molar-refractivity contribution in [3.8, 4) is 0 Å². The summed E-state index contributed by atoms with van der Waals surface area (Å²) in [5.41, 5.74) is 0. The molecular formula is C14H28O. The van der Waals surface area contributed by atoms with Crippen molar-refractivity contribution >= 4 is 0 Å². The van der Waals surface area contributed by atoms with E-state index in [1.54, 1.807) is 6.92 Å². The first-order valence-electron chi connectivity index (χ1n) is 6.33. The van der Waals surface area contributed by atoms with E-state index in [1.165, 1.54) is 19.3 Å². The fraction of sp³-hybridized carbons (Fsp3) is 0.857. The van der Waals surface area contributed by atoms with Crippen LogP contribution in [0.25, 0.3) is 0 Å². The molecule has 0 spiro atoms. The maximum Gasteiger partial charge on any atom is 0.0852 e. The third kappa shape index (κ3) is 7.47. The second kappa shape index (κ2) is 7.78. The summed E-state index contributed by atoms with van der Waals surface area (Å²) in [5, 5.41) is 9.10. The monoisotopic (exact) mass is 212 g/mol. The van der Waals surface area contributed by atoms with Gasteiger partial charge in [0, 0.05) is 0 Å². The van der Waals surface area contributed by atoms with Gasteiger partial charge in [0.1, 0.15) is 0 Å². The van der Waals surface area contributed by atoms with Crippen LogP contribution in [0, 0.1) is 17.8 Å². The smallest absolute Gasteiger partial charge is 0.0852 e. The Morgan fingerprint density at radius 1 is 1.13 bits per heavy atom. The molecule has 1 N–H and O–H groups in total. The Hall–Kier alpha value is -0.460. The van der Waals surface area contributed by atoms with Crippen LogP contribution in [-0.2, 0) is 0 Å². The average molecular weight is 212 g/mol. The Kier molecular flexibility index (Phi) is 7.54. The van der Waals surface area contributed by atoms with Crippen molar-refractivity contribution in [2.24, 2.45) is 17.8 Å². The van der Waals surface area contributed by atoms with E-state index in [9.17, 15) is 0 Å². The number of hydrogen-bond acceptors (Lipinski definition) is 1. The number of aliphatic hydroxyl groups excluding tert-OH is 1. The number of rotatable bonds is 7. The van der Waals surface area contributed by atoms with Gasteiger partial charge < -0.3 is 5.11 Å². The van der Waals surface area contributed by atoms with Gasteiger partial charge in [-0.1, -0.05) is 47.0 Å². The fourth-order valence-corrected chi connectivity index (χ4v) is 1.62. The van der Waals surface area contributed by atoms with Gasteiger partial charge in [0.2, 0.25) is 0 Å². The topological polar surface area (TPSA) is 20.2 Å². The van der Waals surface area contributed by atoms with Gasteiger partial charge in [-0.2, -0.15) is 0 Å². The predicted octanol–water partition coefficient (Wildman–Crippen LogP) is 4.94. The summed E-state index contributed by atoms with van der Waals surface area (Å²) in [5.74, 6) is 2.75. The van der Waals surface area contributed by atoms with Crippen LogP contribution in [0.5, 0.6) is 0 Å². The van der Waals surface area contributed by atoms with E-state index < -0.39 is 0 Å². The molecule has 1 heteroatoms. The first-order valence-corrected chi connectivity index (χ1v) is 6.33. The largest absolute Gasteiger partial charge is 0.513 e. The minimum atomic E-state index is 0.455. The molecule has 0 radical (unpaired) electrons. The lowest BCUT2D eigenvalue weighted by atomic mass is 9.86. The first kappa shape index (κ1) is 14.5. The van der Waals surface area contributed by atoms with Crippen molar-refractivity contribution < 1.29 is 5.11 Å². The number of hydrogen-bond donors (Lipinski definition) is 1. The van der Waals surface area contributed by atoms with Crippen LogP contribution in [0.2, 0.25) is 0 Å². The van der Waals surface area contributed by atoms with E-state index in [2.05, 4.69) is 27.7 Å². The van der Waals surface area contributed by atoms with E-state index in [0.29, 0.717) is 11.7 Å². The van der Waals surface area contributed by atoms with Gasteiger partial charge >= 0.3 is 0 Å². The first-order chi connectivity index (χ1) is 6.97. The Labute approximate surface area is 95.6 Å². The molecule has 0 aromatic heterocycles. The van der Waals surface area contributed by atoms with Gasteiger partial charge in [0.05, 0.1) is 5.76 Å². The van der Waals surface area contributed by atoms with Crippen LogP contribution in [0.3, 0.4) is 0 Å². The van der Waals surface area contributed by atoms with E-state index in [0.717, 1.165) is 18.3 Å². The summed E-state index contributed by atoms with van der Waals surface area (Å²) >= 11 is 0. The molecule has 0 rings (SSSR count). The van der Waals surface area contributed by atoms with E-state index in [1.807, 2.05) is 6.08 Å². The molecule has 0 heterocycles. The quantitative estimate of drug-likeness (QED) is 0.593. The highest BCUT2D eigenvalue weighted by atomic mass is 16.3. The zero-order valence-corrected chi connectivity index (χ0v) is 11.1. The fourth-order valence-electron chi connectivity index (χ4n) is 1.62. The van der Waals surface area contributed by atoms with Crippen molar-refractivity contribution in [2.75, 3.05) is 0 Å². The second-order valence-corrected chi connectivity index (χ2v) is 5.13. The lowest BCUT2D eigenvalue weighted by molar-refractivity contribution is 0.326. The number of allylic oxidation sites excluding steroid dienone is 2. The Morgan fingerprint density at radius 2 is 1.73 bits per heavy atom. The molecule has 1 nitrogen and oxygen atoms in total. The predicted molar refractivity (Wildman–Crippen MR) is 68.0 cm³/mol. The molecular weight excluding hydrogens is 184 g/mol. The Bertz CT molecular complexity index is 180. The van der Waals surface area contributed by atoms with Crippen LogP contribution in [0.4, 0.5) is 0 Å². The molecule has 0 aliphatic heterocycles. The standard InChI is InChI=1S/C14H28O/c1-6-11(2)7-8-12(3)13(4)9-10-14(5)15/h10-13,15H,6-9H2,1-5H3/b14-10+. The summed E-state index contributed by atoms with van der Waals surface area (Å²) < 4.78 is 0. The van der Waals surface area contributed by atoms with Crippen molar-refractivity contribution in [1.29, 1.82) is 0 Å². The molecule has 0 saturated heterocycles. The van der Waals surface area contributed by atoms with Crippen LogP contribution in [0.1, 0.15) is 60.3 Å². The molecule has 0 bridgehead atoms. The minimum Gasteiger partial charge on any atom is -0.513 e. The molecule has 15 heavy (non-hydrogen) atoms. The highest BCUT2D eigenvalue weighted by Crippen LogP contribution is 2.23. The average Bonchev–Trinajstić information content (AvgIpc) is 2.21. The molecule has 0 saturated carbocycles. The Balaban J connectivity index is 3.78. The summed E-state index contributed by atoms with van der Waals surface area (Å²) in [6, 6.07) is 0. The molecule has 0 aromatic rings. The molecule has 90 valence electrons. The zero-order chi connectivity index (χ0) is 11.8. The highest BCUT2D eigenvalue weighted by Gasteiger charge is 2.12. The van der Waals surface area contributed by atoms with Crippen molar-refractivity contribution in [1.82, 2.24) is 0 Å². The second-order valence-electron chi connectivity index (χ2n) is 5.13. The Morgan fingerprint density at radius 3 is 2.20 bits per heavy atom. The van der Waals surface area contributed by atoms with Crippen molar-refractivity contribution in [3.05, 3.63) is 11.8 Å². The molecule has 3 atom stereocenters. The molecule has 3 unspecified atom stereocenters. The van der Waals surface area contributed by atoms with Gasteiger partial charge in [-0.15, -0.1) is 0 Å². The third-order valence-corrected chi connectivity index (χ3v) is 3.57. The highest BCUT2D eigenvalue weighted by molar-refractivity contribution is 4.87. The van der Waals surface area contributed by atoms with Crippen molar-refractivity contribution in [3.63, 3.8) is 0 Å².